The predicted octanol–water partition coefficient (Wildman–Crippen LogP) is 2.44. The molecule has 0 heterocycles. The molecule has 0 unspecified atom stereocenters. The Kier molecular flexibility index (Phi) is 7.83. The fourth-order valence-corrected chi connectivity index (χ4v) is 3.07. The van der Waals surface area contributed by atoms with Crippen molar-refractivity contribution in [3.8, 4) is 0 Å². The highest BCUT2D eigenvalue weighted by molar-refractivity contribution is 8.67. The normalized spacial score (nSPS) is 11.7. The van der Waals surface area contributed by atoms with E-state index in [1.54, 1.807) is 0 Å². The lowest BCUT2D eigenvalue weighted by molar-refractivity contribution is 0.197. The third-order valence-corrected chi connectivity index (χ3v) is 5.35. The summed E-state index contributed by atoms with van der Waals surface area (Å²) in [7, 11) is 0.969. The van der Waals surface area contributed by atoms with E-state index in [9.17, 15) is 4.89 Å². The lowest BCUT2D eigenvalue weighted by Gasteiger charge is -2.07. The Morgan fingerprint density at radius 1 is 1.25 bits per heavy atom. The Morgan fingerprint density at radius 3 is 1.92 bits per heavy atom. The second-order valence-corrected chi connectivity index (χ2v) is 7.18. The fourth-order valence-electron chi connectivity index (χ4n) is 0.498. The molecule has 3 nitrogen and oxygen atoms in total. The van der Waals surface area contributed by atoms with Crippen molar-refractivity contribution in [1.82, 2.24) is 0 Å². The summed E-state index contributed by atoms with van der Waals surface area (Å²) in [5, 5.41) is 0. The molecule has 0 bridgehead atoms. The van der Waals surface area contributed by atoms with Crippen molar-refractivity contribution >= 4 is 28.4 Å². The van der Waals surface area contributed by atoms with Gasteiger partial charge in [0.05, 0.1) is 13.2 Å². The third-order valence-electron chi connectivity index (χ3n) is 1.02. The van der Waals surface area contributed by atoms with Crippen LogP contribution in [0, 0.1) is 0 Å². The van der Waals surface area contributed by atoms with Gasteiger partial charge in [-0.15, -0.1) is 0 Å². The number of hydrogen-bond acceptors (Lipinski definition) is 2. The third kappa shape index (κ3) is 5.51. The first-order chi connectivity index (χ1) is 5.68. The molecule has 12 heavy (non-hydrogen) atoms. The number of thiol groups is 1. The summed E-state index contributed by atoms with van der Waals surface area (Å²) in [6.07, 6.45) is 1.73. The molecule has 0 fully saturated rings. The summed E-state index contributed by atoms with van der Waals surface area (Å²) in [6.45, 7) is 2.29. The summed E-state index contributed by atoms with van der Waals surface area (Å²) in [6, 6.07) is 0. The van der Waals surface area contributed by atoms with Gasteiger partial charge in [0.25, 0.3) is 0 Å². The first kappa shape index (κ1) is 12.9. The minimum Gasteiger partial charge on any atom is -0.288 e. The second-order valence-electron chi connectivity index (χ2n) is 2.22. The van der Waals surface area contributed by atoms with Gasteiger partial charge in [-0.2, -0.15) is 0 Å². The lowest BCUT2D eigenvalue weighted by Crippen LogP contribution is -1.97. The van der Waals surface area contributed by atoms with E-state index in [4.69, 9.17) is 9.05 Å². The Morgan fingerprint density at radius 2 is 1.67 bits per heavy atom. The van der Waals surface area contributed by atoms with E-state index < -0.39 is 6.72 Å². The molecule has 0 aliphatic carbocycles. The Labute approximate surface area is 82.5 Å². The van der Waals surface area contributed by atoms with Gasteiger partial charge in [0.2, 0.25) is 0 Å². The maximum Gasteiger partial charge on any atom is 0.535 e. The molecule has 74 valence electrons. The zero-order valence-corrected chi connectivity index (χ0v) is 10.0. The standard InChI is InChI=1S/C6H16O3PS2/c1-3-5-8-10(7,12-11)9-6-4-2/h7,11H,3-6H2,1-2H3/q+1. The van der Waals surface area contributed by atoms with Gasteiger partial charge >= 0.3 is 16.7 Å². The summed E-state index contributed by atoms with van der Waals surface area (Å²) >= 11 is 3.91. The Balaban J connectivity index is 3.89. The average molecular weight is 231 g/mol. The molecule has 6 heteroatoms. The van der Waals surface area contributed by atoms with Crippen LogP contribution in [0.5, 0.6) is 0 Å². The first-order valence-electron chi connectivity index (χ1n) is 3.92. The van der Waals surface area contributed by atoms with Crippen molar-refractivity contribution in [2.75, 3.05) is 13.2 Å². The van der Waals surface area contributed by atoms with Crippen LogP contribution >= 0.6 is 18.4 Å². The molecule has 0 aromatic heterocycles. The van der Waals surface area contributed by atoms with Gasteiger partial charge in [-0.25, -0.2) is 0 Å². The molecular formula is C6H16O3PS2+. The highest BCUT2D eigenvalue weighted by Gasteiger charge is 2.29. The molecule has 0 aromatic rings. The highest BCUT2D eigenvalue weighted by Crippen LogP contribution is 2.46. The number of hydrogen-bond donors (Lipinski definition) is 2. The van der Waals surface area contributed by atoms with Crippen molar-refractivity contribution in [1.29, 1.82) is 0 Å². The predicted molar refractivity (Wildman–Crippen MR) is 58.0 cm³/mol. The van der Waals surface area contributed by atoms with E-state index in [-0.39, 0.29) is 0 Å². The van der Waals surface area contributed by atoms with Crippen molar-refractivity contribution in [3.63, 3.8) is 0 Å². The Bertz CT molecular complexity index is 151. The SMILES string of the molecule is CCCOP(O)(OCCC)=[S+]S. The van der Waals surface area contributed by atoms with E-state index >= 15 is 0 Å². The zero-order valence-electron chi connectivity index (χ0n) is 7.39. The summed E-state index contributed by atoms with van der Waals surface area (Å²) in [5.74, 6) is 0. The molecule has 0 radical (unpaired) electrons. The van der Waals surface area contributed by atoms with E-state index in [0.29, 0.717) is 13.2 Å². The maximum absolute atomic E-state index is 9.64. The van der Waals surface area contributed by atoms with E-state index in [0.717, 1.165) is 22.8 Å². The molecular weight excluding hydrogens is 215 g/mol. The van der Waals surface area contributed by atoms with Crippen LogP contribution in [-0.2, 0) is 19.0 Å². The molecule has 1 N–H and O–H groups in total. The van der Waals surface area contributed by atoms with Crippen LogP contribution in [-0.4, -0.2) is 18.1 Å². The second kappa shape index (κ2) is 7.30. The van der Waals surface area contributed by atoms with E-state index in [1.165, 1.54) is 0 Å². The topological polar surface area (TPSA) is 38.7 Å². The van der Waals surface area contributed by atoms with Gasteiger partial charge in [-0.3, -0.25) is 13.9 Å². The fraction of sp³-hybridized carbons (Fsp3) is 1.00. The summed E-state index contributed by atoms with van der Waals surface area (Å²) < 4.78 is 10.3. The van der Waals surface area contributed by atoms with Gasteiger partial charge in [0.15, 0.2) is 11.7 Å². The van der Waals surface area contributed by atoms with Gasteiger partial charge in [0, 0.05) is 0 Å². The minimum atomic E-state index is -2.70. The molecule has 0 saturated carbocycles. The molecule has 0 atom stereocenters. The van der Waals surface area contributed by atoms with Crippen molar-refractivity contribution in [3.05, 3.63) is 0 Å². The molecule has 0 spiro atoms. The van der Waals surface area contributed by atoms with Crippen molar-refractivity contribution in [2.24, 2.45) is 0 Å². The van der Waals surface area contributed by atoms with Gasteiger partial charge in [-0.1, -0.05) is 13.8 Å². The maximum atomic E-state index is 9.64. The van der Waals surface area contributed by atoms with Crippen LogP contribution in [0.1, 0.15) is 26.7 Å². The van der Waals surface area contributed by atoms with Gasteiger partial charge in [-0.05, 0) is 12.8 Å². The highest BCUT2D eigenvalue weighted by atomic mass is 33.2. The summed E-state index contributed by atoms with van der Waals surface area (Å²) in [4.78, 5) is 9.64. The smallest absolute Gasteiger partial charge is 0.288 e. The summed E-state index contributed by atoms with van der Waals surface area (Å²) in [5.41, 5.74) is 0. The molecule has 0 aliphatic rings. The molecule has 0 rings (SSSR count). The monoisotopic (exact) mass is 231 g/mol. The van der Waals surface area contributed by atoms with Crippen molar-refractivity contribution in [2.45, 2.75) is 26.7 Å². The number of rotatable bonds is 6. The van der Waals surface area contributed by atoms with Crippen LogP contribution < -0.4 is 0 Å². The average Bonchev–Trinajstić information content (AvgIpc) is 2.11. The molecule has 0 saturated heterocycles. The first-order valence-corrected chi connectivity index (χ1v) is 7.97. The molecule has 0 aromatic carbocycles. The largest absolute Gasteiger partial charge is 0.535 e. The Hall–Kier alpha value is 0.880. The van der Waals surface area contributed by atoms with Crippen LogP contribution in [0.25, 0.3) is 0 Å². The minimum absolute atomic E-state index is 0.515. The van der Waals surface area contributed by atoms with Crippen LogP contribution in [0.3, 0.4) is 0 Å². The van der Waals surface area contributed by atoms with Crippen molar-refractivity contribution < 1.29 is 13.9 Å². The van der Waals surface area contributed by atoms with Crippen LogP contribution in [0.4, 0.5) is 0 Å². The van der Waals surface area contributed by atoms with Gasteiger partial charge < -0.3 is 0 Å². The lowest BCUT2D eigenvalue weighted by atomic mass is 10.5. The van der Waals surface area contributed by atoms with Gasteiger partial charge in [0.1, 0.15) is 0 Å². The van der Waals surface area contributed by atoms with E-state index in [2.05, 4.69) is 11.7 Å². The van der Waals surface area contributed by atoms with Crippen LogP contribution in [0.2, 0.25) is 0 Å². The zero-order chi connectivity index (χ0) is 9.45. The van der Waals surface area contributed by atoms with E-state index in [1.807, 2.05) is 13.8 Å². The molecule has 0 aliphatic heterocycles. The molecule has 0 amide bonds. The van der Waals surface area contributed by atoms with Crippen LogP contribution in [0.15, 0.2) is 0 Å². The quantitative estimate of drug-likeness (QED) is 0.319.